The van der Waals surface area contributed by atoms with Gasteiger partial charge < -0.3 is 30.1 Å². The molecule has 4 rings (SSSR count). The first-order chi connectivity index (χ1) is 18.4. The quantitative estimate of drug-likeness (QED) is 0.352. The van der Waals surface area contributed by atoms with E-state index in [1.165, 1.54) is 0 Å². The highest BCUT2D eigenvalue weighted by Gasteiger charge is 2.40. The van der Waals surface area contributed by atoms with Gasteiger partial charge in [0, 0.05) is 37.0 Å². The second kappa shape index (κ2) is 13.3. The summed E-state index contributed by atoms with van der Waals surface area (Å²) < 4.78 is 13.0. The van der Waals surface area contributed by atoms with Crippen molar-refractivity contribution in [2.75, 3.05) is 19.7 Å². The highest BCUT2D eigenvalue weighted by Crippen LogP contribution is 2.42. The van der Waals surface area contributed by atoms with E-state index in [1.807, 2.05) is 48.5 Å². The first-order valence-corrected chi connectivity index (χ1v) is 13.3. The zero-order valence-electron chi connectivity index (χ0n) is 21.8. The van der Waals surface area contributed by atoms with Crippen molar-refractivity contribution in [1.82, 2.24) is 10.2 Å². The summed E-state index contributed by atoms with van der Waals surface area (Å²) in [5, 5.41) is 30.7. The third kappa shape index (κ3) is 7.18. The minimum atomic E-state index is -0.996. The Morgan fingerprint density at radius 3 is 2.32 bits per heavy atom. The van der Waals surface area contributed by atoms with Gasteiger partial charge in [0.2, 0.25) is 5.91 Å². The van der Waals surface area contributed by atoms with Crippen LogP contribution in [0.15, 0.2) is 48.5 Å². The lowest BCUT2D eigenvalue weighted by molar-refractivity contribution is -0.276. The molecule has 0 aromatic heterocycles. The van der Waals surface area contributed by atoms with Crippen molar-refractivity contribution in [2.24, 2.45) is 5.92 Å². The fourth-order valence-electron chi connectivity index (χ4n) is 5.20. The Morgan fingerprint density at radius 1 is 0.974 bits per heavy atom. The van der Waals surface area contributed by atoms with Gasteiger partial charge in [-0.3, -0.25) is 14.5 Å². The summed E-state index contributed by atoms with van der Waals surface area (Å²) in [4.78, 5) is 24.8. The minimum absolute atomic E-state index is 0.0143. The Kier molecular flexibility index (Phi) is 9.87. The molecule has 5 unspecified atom stereocenters. The van der Waals surface area contributed by atoms with Crippen LogP contribution in [0.1, 0.15) is 67.3 Å². The van der Waals surface area contributed by atoms with E-state index in [4.69, 9.17) is 14.6 Å². The van der Waals surface area contributed by atoms with Crippen molar-refractivity contribution >= 4 is 11.9 Å². The molecule has 2 aromatic rings. The summed E-state index contributed by atoms with van der Waals surface area (Å²) >= 11 is 0. The number of carbonyl (C=O) groups is 2. The van der Waals surface area contributed by atoms with E-state index in [0.29, 0.717) is 13.1 Å². The van der Waals surface area contributed by atoms with Crippen LogP contribution < -0.4 is 5.32 Å². The molecule has 0 saturated carbocycles. The van der Waals surface area contributed by atoms with Gasteiger partial charge in [-0.15, -0.1) is 0 Å². The molecule has 1 amide bonds. The van der Waals surface area contributed by atoms with Crippen molar-refractivity contribution < 1.29 is 34.4 Å². The number of carboxylic acid groups (broad SMARTS) is 1. The second-order valence-electron chi connectivity index (χ2n) is 10.2. The molecule has 2 aliphatic heterocycles. The maximum atomic E-state index is 11.9. The maximum absolute atomic E-state index is 11.9. The number of hydrogen-bond donors (Lipinski definition) is 4. The molecular formula is C29H38N2O7. The normalized spacial score (nSPS) is 25.8. The summed E-state index contributed by atoms with van der Waals surface area (Å²) in [6.07, 6.45) is 0.886. The number of aliphatic carboxylic acids is 1. The molecule has 9 nitrogen and oxygen atoms in total. The van der Waals surface area contributed by atoms with Crippen LogP contribution in [-0.2, 0) is 32.2 Å². The predicted molar refractivity (Wildman–Crippen MR) is 140 cm³/mol. The fourth-order valence-corrected chi connectivity index (χ4v) is 5.20. The highest BCUT2D eigenvalue weighted by atomic mass is 16.7. The van der Waals surface area contributed by atoms with Crippen molar-refractivity contribution in [3.8, 4) is 0 Å². The number of benzene rings is 2. The van der Waals surface area contributed by atoms with Crippen LogP contribution in [0.25, 0.3) is 0 Å². The van der Waals surface area contributed by atoms with Crippen molar-refractivity contribution in [2.45, 2.75) is 70.3 Å². The predicted octanol–water partition coefficient (Wildman–Crippen LogP) is 2.91. The Morgan fingerprint density at radius 2 is 1.66 bits per heavy atom. The first-order valence-electron chi connectivity index (χ1n) is 13.3. The van der Waals surface area contributed by atoms with Crippen LogP contribution in [0.4, 0.5) is 0 Å². The van der Waals surface area contributed by atoms with Gasteiger partial charge in [0.05, 0.1) is 31.8 Å². The number of rotatable bonds is 11. The van der Waals surface area contributed by atoms with Crippen LogP contribution in [-0.4, -0.2) is 63.9 Å². The monoisotopic (exact) mass is 526 g/mol. The van der Waals surface area contributed by atoms with Gasteiger partial charge in [0.25, 0.3) is 0 Å². The molecular weight excluding hydrogens is 488 g/mol. The largest absolute Gasteiger partial charge is 0.481 e. The maximum Gasteiger partial charge on any atom is 0.303 e. The number of nitrogens with one attached hydrogen (secondary N) is 1. The van der Waals surface area contributed by atoms with E-state index in [9.17, 15) is 19.8 Å². The summed E-state index contributed by atoms with van der Waals surface area (Å²) in [7, 11) is 0. The molecule has 38 heavy (non-hydrogen) atoms. The van der Waals surface area contributed by atoms with Gasteiger partial charge in [-0.05, 0) is 36.1 Å². The second-order valence-corrected chi connectivity index (χ2v) is 10.2. The van der Waals surface area contributed by atoms with Gasteiger partial charge in [0.15, 0.2) is 6.29 Å². The number of ether oxygens (including phenoxy) is 2. The zero-order valence-corrected chi connectivity index (χ0v) is 21.8. The molecule has 2 saturated heterocycles. The third-order valence-corrected chi connectivity index (χ3v) is 7.56. The van der Waals surface area contributed by atoms with Crippen molar-refractivity contribution in [1.29, 1.82) is 0 Å². The molecule has 206 valence electrons. The number of hydrogen-bond acceptors (Lipinski definition) is 7. The van der Waals surface area contributed by atoms with Crippen LogP contribution in [0.2, 0.25) is 0 Å². The lowest BCUT2D eigenvalue weighted by atomic mass is 9.90. The van der Waals surface area contributed by atoms with Crippen LogP contribution in [0, 0.1) is 5.92 Å². The molecule has 2 heterocycles. The number of amides is 1. The molecule has 2 fully saturated rings. The highest BCUT2D eigenvalue weighted by molar-refractivity contribution is 5.80. The van der Waals surface area contributed by atoms with Crippen LogP contribution >= 0.6 is 0 Å². The van der Waals surface area contributed by atoms with Crippen molar-refractivity contribution in [3.63, 3.8) is 0 Å². The van der Waals surface area contributed by atoms with Crippen LogP contribution in [0.5, 0.6) is 0 Å². The molecule has 2 aliphatic rings. The van der Waals surface area contributed by atoms with E-state index >= 15 is 0 Å². The van der Waals surface area contributed by atoms with Crippen LogP contribution in [0.3, 0.4) is 0 Å². The molecule has 2 aromatic carbocycles. The van der Waals surface area contributed by atoms with Gasteiger partial charge in [-0.2, -0.15) is 0 Å². The van der Waals surface area contributed by atoms with E-state index < -0.39 is 12.3 Å². The lowest BCUT2D eigenvalue weighted by Gasteiger charge is -2.43. The van der Waals surface area contributed by atoms with Crippen molar-refractivity contribution in [3.05, 3.63) is 70.8 Å². The molecule has 5 atom stereocenters. The number of carbonyl (C=O) groups excluding carboxylic acids is 1. The minimum Gasteiger partial charge on any atom is -0.481 e. The molecule has 0 aliphatic carbocycles. The molecule has 0 spiro atoms. The molecule has 9 heteroatoms. The Balaban J connectivity index is 1.48. The molecule has 0 bridgehead atoms. The average Bonchev–Trinajstić information content (AvgIpc) is 3.39. The SMILES string of the molecule is CC1C(CN2CCCC2CO)OC(c2ccc(CNC(=O)CCC(=O)O)cc2)OC1c1ccc(CO)cc1. The Bertz CT molecular complexity index is 1060. The number of carboxylic acids is 1. The van der Waals surface area contributed by atoms with Gasteiger partial charge in [-0.1, -0.05) is 55.5 Å². The average molecular weight is 527 g/mol. The topological polar surface area (TPSA) is 129 Å². The summed E-state index contributed by atoms with van der Waals surface area (Å²) in [6.45, 7) is 4.21. The third-order valence-electron chi connectivity index (χ3n) is 7.56. The van der Waals surface area contributed by atoms with E-state index in [2.05, 4.69) is 17.1 Å². The Hall–Kier alpha value is -2.82. The standard InChI is InChI=1S/C29H38N2O7/c1-19-25(16-31-14-2-3-24(31)18-33)37-29(38-28(19)22-8-6-21(17-32)7-9-22)23-10-4-20(5-11-23)15-30-26(34)12-13-27(35)36/h4-11,19,24-25,28-29,32-33H,2-3,12-18H2,1H3,(H,30,34)(H,35,36). The number of nitrogens with zero attached hydrogens (tertiary/aromatic N) is 1. The summed E-state index contributed by atoms with van der Waals surface area (Å²) in [6, 6.07) is 15.6. The molecule has 0 radical (unpaired) electrons. The Labute approximate surface area is 223 Å². The van der Waals surface area contributed by atoms with Gasteiger partial charge in [0.1, 0.15) is 0 Å². The van der Waals surface area contributed by atoms with Gasteiger partial charge >= 0.3 is 5.97 Å². The molecule has 4 N–H and O–H groups in total. The number of aliphatic hydroxyl groups excluding tert-OH is 2. The number of likely N-dealkylation sites (tertiary alicyclic amines) is 1. The first kappa shape index (κ1) is 28.2. The summed E-state index contributed by atoms with van der Waals surface area (Å²) in [5.41, 5.74) is 3.61. The summed E-state index contributed by atoms with van der Waals surface area (Å²) in [5.74, 6) is -1.24. The lowest BCUT2D eigenvalue weighted by Crippen LogP contribution is -2.46. The zero-order chi connectivity index (χ0) is 27.1. The van der Waals surface area contributed by atoms with Gasteiger partial charge in [-0.25, -0.2) is 0 Å². The van der Waals surface area contributed by atoms with E-state index in [0.717, 1.165) is 41.6 Å². The number of aliphatic hydroxyl groups is 2. The van der Waals surface area contributed by atoms with E-state index in [1.54, 1.807) is 0 Å². The van der Waals surface area contributed by atoms with E-state index in [-0.39, 0.29) is 56.1 Å². The fraction of sp³-hybridized carbons (Fsp3) is 0.517. The smallest absolute Gasteiger partial charge is 0.303 e.